The zero-order valence-corrected chi connectivity index (χ0v) is 9.82. The zero-order valence-electron chi connectivity index (χ0n) is 9.82. The molecule has 3 rings (SSSR count). The third-order valence-corrected chi connectivity index (χ3v) is 3.50. The van der Waals surface area contributed by atoms with Crippen LogP contribution < -0.4 is 5.73 Å². The van der Waals surface area contributed by atoms with Crippen LogP contribution >= 0.6 is 0 Å². The van der Waals surface area contributed by atoms with E-state index in [1.54, 1.807) is 6.20 Å². The van der Waals surface area contributed by atoms with Gasteiger partial charge in [0.15, 0.2) is 0 Å². The summed E-state index contributed by atoms with van der Waals surface area (Å²) in [6.07, 6.45) is 8.25. The molecule has 2 heteroatoms. The molecule has 0 saturated heterocycles. The van der Waals surface area contributed by atoms with Crippen LogP contribution in [0.25, 0.3) is 0 Å². The molecule has 0 aliphatic heterocycles. The lowest BCUT2D eigenvalue weighted by atomic mass is 10.0. The molecule has 1 aliphatic rings. The second kappa shape index (κ2) is 4.21. The highest BCUT2D eigenvalue weighted by Gasteiger charge is 2.11. The first-order chi connectivity index (χ1) is 8.33. The minimum atomic E-state index is 0.834. The van der Waals surface area contributed by atoms with Crippen LogP contribution in [0, 0.1) is 0 Å². The fourth-order valence-corrected chi connectivity index (χ4v) is 2.54. The first-order valence-corrected chi connectivity index (χ1v) is 6.12. The molecule has 1 heterocycles. The number of nitrogen functional groups attached to an aromatic ring is 1. The van der Waals surface area contributed by atoms with E-state index in [-0.39, 0.29) is 0 Å². The zero-order chi connectivity index (χ0) is 11.7. The number of fused-ring (bicyclic) bond motifs is 1. The first kappa shape index (κ1) is 10.3. The molecule has 2 N–H and O–H groups in total. The van der Waals surface area contributed by atoms with Gasteiger partial charge in [-0.15, -0.1) is 0 Å². The molecule has 1 aromatic heterocycles. The Morgan fingerprint density at radius 1 is 1.12 bits per heavy atom. The van der Waals surface area contributed by atoms with Crippen LogP contribution in [0.1, 0.15) is 28.7 Å². The molecule has 0 spiro atoms. The normalized spacial score (nSPS) is 13.6. The maximum absolute atomic E-state index is 5.94. The lowest BCUT2D eigenvalue weighted by molar-refractivity contribution is 0.911. The predicted octanol–water partition coefficient (Wildman–Crippen LogP) is 2.74. The van der Waals surface area contributed by atoms with Gasteiger partial charge in [0.2, 0.25) is 0 Å². The van der Waals surface area contributed by atoms with E-state index in [1.165, 1.54) is 36.0 Å². The van der Waals surface area contributed by atoms with Crippen molar-refractivity contribution in [3.8, 4) is 0 Å². The summed E-state index contributed by atoms with van der Waals surface area (Å²) in [5.74, 6) is 0. The van der Waals surface area contributed by atoms with Crippen LogP contribution in [0.3, 0.4) is 0 Å². The Bertz CT molecular complexity index is 546. The molecular weight excluding hydrogens is 208 g/mol. The largest absolute Gasteiger partial charge is 0.398 e. The Kier molecular flexibility index (Phi) is 2.56. The summed E-state index contributed by atoms with van der Waals surface area (Å²) >= 11 is 0. The Hall–Kier alpha value is -1.83. The maximum atomic E-state index is 5.94. The summed E-state index contributed by atoms with van der Waals surface area (Å²) in [5, 5.41) is 0. The molecular formula is C15H16N2. The van der Waals surface area contributed by atoms with Gasteiger partial charge in [-0.25, -0.2) is 0 Å². The van der Waals surface area contributed by atoms with Crippen molar-refractivity contribution in [3.63, 3.8) is 0 Å². The van der Waals surface area contributed by atoms with Gasteiger partial charge < -0.3 is 5.73 Å². The van der Waals surface area contributed by atoms with Crippen LogP contribution in [0.5, 0.6) is 0 Å². The van der Waals surface area contributed by atoms with Gasteiger partial charge in [-0.1, -0.05) is 18.2 Å². The summed E-state index contributed by atoms with van der Waals surface area (Å²) in [7, 11) is 0. The Labute approximate surface area is 102 Å². The minimum absolute atomic E-state index is 0.834. The maximum Gasteiger partial charge on any atom is 0.0380 e. The highest BCUT2D eigenvalue weighted by molar-refractivity contribution is 5.47. The van der Waals surface area contributed by atoms with Crippen LogP contribution in [0.4, 0.5) is 5.69 Å². The van der Waals surface area contributed by atoms with Gasteiger partial charge in [0.25, 0.3) is 0 Å². The van der Waals surface area contributed by atoms with Gasteiger partial charge >= 0.3 is 0 Å². The second-order valence-corrected chi connectivity index (χ2v) is 4.71. The van der Waals surface area contributed by atoms with Gasteiger partial charge in [0.05, 0.1) is 0 Å². The van der Waals surface area contributed by atoms with Gasteiger partial charge in [-0.2, -0.15) is 0 Å². The van der Waals surface area contributed by atoms with E-state index in [0.29, 0.717) is 0 Å². The monoisotopic (exact) mass is 224 g/mol. The quantitative estimate of drug-likeness (QED) is 0.852. The van der Waals surface area contributed by atoms with Gasteiger partial charge in [0.1, 0.15) is 0 Å². The number of rotatable bonds is 2. The van der Waals surface area contributed by atoms with Crippen molar-refractivity contribution in [1.82, 2.24) is 4.98 Å². The Morgan fingerprint density at radius 2 is 2.00 bits per heavy atom. The third-order valence-electron chi connectivity index (χ3n) is 3.50. The highest BCUT2D eigenvalue weighted by Crippen LogP contribution is 2.24. The molecule has 1 aromatic carbocycles. The third kappa shape index (κ3) is 2.03. The highest BCUT2D eigenvalue weighted by atomic mass is 14.7. The molecule has 86 valence electrons. The van der Waals surface area contributed by atoms with E-state index in [4.69, 9.17) is 5.73 Å². The molecule has 0 atom stereocenters. The average molecular weight is 224 g/mol. The standard InChI is InChI=1S/C15H16N2/c16-15-6-7-17-10-14(15)9-11-4-5-12-2-1-3-13(12)8-11/h4-8,10H,1-3,9H2,(H2,16,17). The summed E-state index contributed by atoms with van der Waals surface area (Å²) in [6, 6.07) is 8.68. The number of aromatic nitrogens is 1. The van der Waals surface area contributed by atoms with Gasteiger partial charge in [0, 0.05) is 24.5 Å². The van der Waals surface area contributed by atoms with E-state index in [2.05, 4.69) is 23.2 Å². The van der Waals surface area contributed by atoms with Crippen LogP contribution in [-0.4, -0.2) is 4.98 Å². The Morgan fingerprint density at radius 3 is 2.88 bits per heavy atom. The summed E-state index contributed by atoms with van der Waals surface area (Å²) in [6.45, 7) is 0. The van der Waals surface area contributed by atoms with Crippen LogP contribution in [0.2, 0.25) is 0 Å². The lowest BCUT2D eigenvalue weighted by Crippen LogP contribution is -1.97. The number of anilines is 1. The number of nitrogens with two attached hydrogens (primary N) is 1. The van der Waals surface area contributed by atoms with Crippen LogP contribution in [0.15, 0.2) is 36.7 Å². The van der Waals surface area contributed by atoms with Crippen molar-refractivity contribution in [2.75, 3.05) is 5.73 Å². The lowest BCUT2D eigenvalue weighted by Gasteiger charge is -2.07. The van der Waals surface area contributed by atoms with E-state index in [1.807, 2.05) is 12.3 Å². The molecule has 0 saturated carbocycles. The molecule has 0 radical (unpaired) electrons. The van der Waals surface area contributed by atoms with Crippen LogP contribution in [-0.2, 0) is 19.3 Å². The molecule has 2 nitrogen and oxygen atoms in total. The van der Waals surface area contributed by atoms with Gasteiger partial charge in [-0.05, 0) is 47.6 Å². The average Bonchev–Trinajstić information content (AvgIpc) is 2.79. The molecule has 0 bridgehead atoms. The number of hydrogen-bond donors (Lipinski definition) is 1. The fraction of sp³-hybridized carbons (Fsp3) is 0.267. The smallest absolute Gasteiger partial charge is 0.0380 e. The summed E-state index contributed by atoms with van der Waals surface area (Å²) in [4.78, 5) is 4.13. The van der Waals surface area contributed by atoms with E-state index in [9.17, 15) is 0 Å². The van der Waals surface area contributed by atoms with Crippen molar-refractivity contribution in [2.24, 2.45) is 0 Å². The predicted molar refractivity (Wildman–Crippen MR) is 69.9 cm³/mol. The topological polar surface area (TPSA) is 38.9 Å². The van der Waals surface area contributed by atoms with Crippen molar-refractivity contribution in [1.29, 1.82) is 0 Å². The molecule has 2 aromatic rings. The van der Waals surface area contributed by atoms with Crippen molar-refractivity contribution in [3.05, 3.63) is 58.9 Å². The number of nitrogens with zero attached hydrogens (tertiary/aromatic N) is 1. The molecule has 0 fully saturated rings. The molecule has 0 unspecified atom stereocenters. The number of aryl methyl sites for hydroxylation is 2. The first-order valence-electron chi connectivity index (χ1n) is 6.12. The second-order valence-electron chi connectivity index (χ2n) is 4.71. The molecule has 1 aliphatic carbocycles. The number of benzene rings is 1. The van der Waals surface area contributed by atoms with Crippen molar-refractivity contribution >= 4 is 5.69 Å². The van der Waals surface area contributed by atoms with E-state index < -0.39 is 0 Å². The fourth-order valence-electron chi connectivity index (χ4n) is 2.54. The van der Waals surface area contributed by atoms with Crippen molar-refractivity contribution in [2.45, 2.75) is 25.7 Å². The number of hydrogen-bond acceptors (Lipinski definition) is 2. The number of pyridine rings is 1. The minimum Gasteiger partial charge on any atom is -0.398 e. The SMILES string of the molecule is Nc1ccncc1Cc1ccc2c(c1)CCC2. The molecule has 0 amide bonds. The molecule has 17 heavy (non-hydrogen) atoms. The van der Waals surface area contributed by atoms with E-state index in [0.717, 1.165) is 17.7 Å². The van der Waals surface area contributed by atoms with E-state index >= 15 is 0 Å². The van der Waals surface area contributed by atoms with Gasteiger partial charge in [-0.3, -0.25) is 4.98 Å². The summed E-state index contributed by atoms with van der Waals surface area (Å²) in [5.41, 5.74) is 12.3. The van der Waals surface area contributed by atoms with Crippen molar-refractivity contribution < 1.29 is 0 Å². The Balaban J connectivity index is 1.89. The summed E-state index contributed by atoms with van der Waals surface area (Å²) < 4.78 is 0.